The third-order valence-electron chi connectivity index (χ3n) is 4.69. The van der Waals surface area contributed by atoms with Crippen molar-refractivity contribution in [2.45, 2.75) is 52.2 Å². The highest BCUT2D eigenvalue weighted by Crippen LogP contribution is 2.33. The summed E-state index contributed by atoms with van der Waals surface area (Å²) >= 11 is 0. The van der Waals surface area contributed by atoms with E-state index in [1.54, 1.807) is 7.05 Å². The van der Waals surface area contributed by atoms with Crippen molar-refractivity contribution in [2.24, 2.45) is 10.9 Å². The summed E-state index contributed by atoms with van der Waals surface area (Å²) < 4.78 is 11.3. The lowest BCUT2D eigenvalue weighted by Crippen LogP contribution is -2.44. The summed E-state index contributed by atoms with van der Waals surface area (Å²) in [5.74, 6) is 1.09. The number of alkyl carbamates (subject to hydrolysis) is 1. The van der Waals surface area contributed by atoms with Crippen LogP contribution in [0, 0.1) is 12.8 Å². The number of carbonyl (C=O) groups is 1. The van der Waals surface area contributed by atoms with Gasteiger partial charge in [-0.3, -0.25) is 4.99 Å². The molecule has 7 heteroatoms. The Morgan fingerprint density at radius 2 is 1.86 bits per heavy atom. The average molecular weight is 405 g/mol. The first-order valence-electron chi connectivity index (χ1n) is 10.4. The molecule has 2 unspecified atom stereocenters. The summed E-state index contributed by atoms with van der Waals surface area (Å²) in [7, 11) is 1.74. The standard InChI is InChI=1S/C22H36N4O3/c1-16-8-10-17(11-9-16)19-18(7-6-14-28-19)15-26-20(23-5)24-12-13-25-21(27)29-22(2,3)4/h8-11,18-19H,6-7,12-15H2,1-5H3,(H,25,27)(H2,23,24,26). The normalized spacial score (nSPS) is 20.1. The number of carbonyl (C=O) groups excluding carboxylic acids is 1. The van der Waals surface area contributed by atoms with Crippen molar-refractivity contribution in [2.75, 3.05) is 33.3 Å². The fraction of sp³-hybridized carbons (Fsp3) is 0.636. The van der Waals surface area contributed by atoms with E-state index in [4.69, 9.17) is 9.47 Å². The number of aliphatic imine (C=N–C) groups is 1. The smallest absolute Gasteiger partial charge is 0.407 e. The highest BCUT2D eigenvalue weighted by atomic mass is 16.6. The number of amides is 1. The van der Waals surface area contributed by atoms with Crippen LogP contribution in [-0.2, 0) is 9.47 Å². The third-order valence-corrected chi connectivity index (χ3v) is 4.69. The van der Waals surface area contributed by atoms with Crippen molar-refractivity contribution in [3.05, 3.63) is 35.4 Å². The Morgan fingerprint density at radius 3 is 2.52 bits per heavy atom. The molecule has 0 aromatic heterocycles. The van der Waals surface area contributed by atoms with Crippen molar-refractivity contribution in [1.82, 2.24) is 16.0 Å². The van der Waals surface area contributed by atoms with Crippen molar-refractivity contribution in [3.8, 4) is 0 Å². The number of nitrogens with one attached hydrogen (secondary N) is 3. The van der Waals surface area contributed by atoms with Crippen LogP contribution in [0.15, 0.2) is 29.3 Å². The molecule has 162 valence electrons. The van der Waals surface area contributed by atoms with Crippen LogP contribution in [0.25, 0.3) is 0 Å². The van der Waals surface area contributed by atoms with Gasteiger partial charge in [0.1, 0.15) is 5.60 Å². The maximum Gasteiger partial charge on any atom is 0.407 e. The molecular formula is C22H36N4O3. The van der Waals surface area contributed by atoms with Crippen LogP contribution < -0.4 is 16.0 Å². The monoisotopic (exact) mass is 404 g/mol. The van der Waals surface area contributed by atoms with Gasteiger partial charge in [-0.2, -0.15) is 0 Å². The van der Waals surface area contributed by atoms with E-state index in [0.29, 0.717) is 25.0 Å². The number of rotatable bonds is 6. The molecule has 1 amide bonds. The number of benzene rings is 1. The largest absolute Gasteiger partial charge is 0.444 e. The first-order chi connectivity index (χ1) is 13.8. The summed E-state index contributed by atoms with van der Waals surface area (Å²) in [5.41, 5.74) is 1.99. The number of ether oxygens (including phenoxy) is 2. The molecule has 0 aliphatic carbocycles. The van der Waals surface area contributed by atoms with Crippen molar-refractivity contribution < 1.29 is 14.3 Å². The van der Waals surface area contributed by atoms with E-state index in [2.05, 4.69) is 52.1 Å². The molecular weight excluding hydrogens is 368 g/mol. The minimum absolute atomic E-state index is 0.101. The molecule has 29 heavy (non-hydrogen) atoms. The average Bonchev–Trinajstić information content (AvgIpc) is 2.67. The van der Waals surface area contributed by atoms with Crippen molar-refractivity contribution in [1.29, 1.82) is 0 Å². The Bertz CT molecular complexity index is 668. The fourth-order valence-electron chi connectivity index (χ4n) is 3.28. The van der Waals surface area contributed by atoms with Gasteiger partial charge in [0.15, 0.2) is 5.96 Å². The lowest BCUT2D eigenvalue weighted by Gasteiger charge is -2.32. The van der Waals surface area contributed by atoms with Gasteiger partial charge in [0, 0.05) is 39.2 Å². The lowest BCUT2D eigenvalue weighted by molar-refractivity contribution is -0.0265. The summed E-state index contributed by atoms with van der Waals surface area (Å²) in [4.78, 5) is 15.9. The predicted octanol–water partition coefficient (Wildman–Crippen LogP) is 3.15. The van der Waals surface area contributed by atoms with Crippen LogP contribution in [0.1, 0.15) is 50.8 Å². The van der Waals surface area contributed by atoms with Gasteiger partial charge < -0.3 is 25.4 Å². The number of nitrogens with zero attached hydrogens (tertiary/aromatic N) is 1. The van der Waals surface area contributed by atoms with E-state index in [9.17, 15) is 4.79 Å². The summed E-state index contributed by atoms with van der Waals surface area (Å²) in [6.45, 7) is 10.2. The van der Waals surface area contributed by atoms with Gasteiger partial charge in [0.05, 0.1) is 6.10 Å². The lowest BCUT2D eigenvalue weighted by atomic mass is 9.89. The first-order valence-corrected chi connectivity index (χ1v) is 10.4. The molecule has 2 rings (SSSR count). The number of hydrogen-bond acceptors (Lipinski definition) is 4. The molecule has 0 spiro atoms. The maximum atomic E-state index is 11.7. The Labute approximate surface area is 174 Å². The van der Waals surface area contributed by atoms with Gasteiger partial charge >= 0.3 is 6.09 Å². The summed E-state index contributed by atoms with van der Waals surface area (Å²) in [6, 6.07) is 8.59. The van der Waals surface area contributed by atoms with E-state index >= 15 is 0 Å². The van der Waals surface area contributed by atoms with E-state index < -0.39 is 11.7 Å². The SMILES string of the molecule is CN=C(NCCNC(=O)OC(C)(C)C)NCC1CCCOC1c1ccc(C)cc1. The molecule has 1 aliphatic heterocycles. The molecule has 2 atom stereocenters. The fourth-order valence-corrected chi connectivity index (χ4v) is 3.28. The Hall–Kier alpha value is -2.28. The van der Waals surface area contributed by atoms with Crippen molar-refractivity contribution >= 4 is 12.1 Å². The highest BCUT2D eigenvalue weighted by molar-refractivity contribution is 5.79. The Morgan fingerprint density at radius 1 is 1.17 bits per heavy atom. The molecule has 1 aliphatic rings. The van der Waals surface area contributed by atoms with Crippen LogP contribution in [-0.4, -0.2) is 50.9 Å². The van der Waals surface area contributed by atoms with Gasteiger partial charge in [0.25, 0.3) is 0 Å². The molecule has 1 heterocycles. The minimum atomic E-state index is -0.495. The van der Waals surface area contributed by atoms with Crippen LogP contribution >= 0.6 is 0 Å². The zero-order chi connectivity index (χ0) is 21.3. The third kappa shape index (κ3) is 8.31. The second-order valence-electron chi connectivity index (χ2n) is 8.41. The van der Waals surface area contributed by atoms with E-state index in [1.807, 2.05) is 20.8 Å². The number of aryl methyl sites for hydroxylation is 1. The number of hydrogen-bond donors (Lipinski definition) is 3. The minimum Gasteiger partial charge on any atom is -0.444 e. The molecule has 0 saturated carbocycles. The second kappa shape index (κ2) is 11.0. The summed E-state index contributed by atoms with van der Waals surface area (Å²) in [5, 5.41) is 9.34. The van der Waals surface area contributed by atoms with Gasteiger partial charge in [-0.05, 0) is 46.1 Å². The molecule has 1 aromatic carbocycles. The highest BCUT2D eigenvalue weighted by Gasteiger charge is 2.27. The van der Waals surface area contributed by atoms with Crippen molar-refractivity contribution in [3.63, 3.8) is 0 Å². The quantitative estimate of drug-likeness (QED) is 0.385. The van der Waals surface area contributed by atoms with Crippen LogP contribution in [0.4, 0.5) is 4.79 Å². The van der Waals surface area contributed by atoms with Crippen LogP contribution in [0.3, 0.4) is 0 Å². The van der Waals surface area contributed by atoms with E-state index in [1.165, 1.54) is 11.1 Å². The predicted molar refractivity (Wildman–Crippen MR) is 116 cm³/mol. The zero-order valence-electron chi connectivity index (χ0n) is 18.4. The molecule has 0 bridgehead atoms. The van der Waals surface area contributed by atoms with Crippen LogP contribution in [0.2, 0.25) is 0 Å². The molecule has 1 aromatic rings. The topological polar surface area (TPSA) is 84.0 Å². The first kappa shape index (κ1) is 23.0. The van der Waals surface area contributed by atoms with Gasteiger partial charge in [-0.15, -0.1) is 0 Å². The van der Waals surface area contributed by atoms with E-state index in [-0.39, 0.29) is 6.10 Å². The summed E-state index contributed by atoms with van der Waals surface area (Å²) in [6.07, 6.45) is 1.87. The van der Waals surface area contributed by atoms with Gasteiger partial charge in [-0.25, -0.2) is 4.79 Å². The molecule has 7 nitrogen and oxygen atoms in total. The number of guanidine groups is 1. The Kier molecular flexibility index (Phi) is 8.76. The van der Waals surface area contributed by atoms with Gasteiger partial charge in [0.2, 0.25) is 0 Å². The molecule has 1 fully saturated rings. The maximum absolute atomic E-state index is 11.7. The Balaban J connectivity index is 1.77. The molecule has 3 N–H and O–H groups in total. The molecule has 0 radical (unpaired) electrons. The zero-order valence-corrected chi connectivity index (χ0v) is 18.4. The molecule has 1 saturated heterocycles. The van der Waals surface area contributed by atoms with Crippen LogP contribution in [0.5, 0.6) is 0 Å². The van der Waals surface area contributed by atoms with E-state index in [0.717, 1.165) is 26.0 Å². The second-order valence-corrected chi connectivity index (χ2v) is 8.41. The van der Waals surface area contributed by atoms with Gasteiger partial charge in [-0.1, -0.05) is 29.8 Å².